The highest BCUT2D eigenvalue weighted by molar-refractivity contribution is 7.17. The van der Waals surface area contributed by atoms with E-state index in [1.54, 1.807) is 30.9 Å². The lowest BCUT2D eigenvalue weighted by Crippen LogP contribution is -2.25. The third-order valence-electron chi connectivity index (χ3n) is 3.47. The summed E-state index contributed by atoms with van der Waals surface area (Å²) in [5, 5.41) is 7.95. The van der Waals surface area contributed by atoms with Gasteiger partial charge in [-0.25, -0.2) is 10.4 Å². The Kier molecular flexibility index (Phi) is 7.21. The molecule has 0 saturated heterocycles. The molecular formula is C17H23N5O2S. The molecule has 0 bridgehead atoms. The fraction of sp³-hybridized carbons (Fsp3) is 0.353. The van der Waals surface area contributed by atoms with Crippen LogP contribution in [0.5, 0.6) is 5.75 Å². The van der Waals surface area contributed by atoms with E-state index in [1.807, 2.05) is 24.3 Å². The number of nitrogens with one attached hydrogen (secondary N) is 2. The number of nitrogens with zero attached hydrogens (tertiary/aromatic N) is 3. The van der Waals surface area contributed by atoms with Crippen LogP contribution in [0.3, 0.4) is 0 Å². The maximum absolute atomic E-state index is 11.8. The van der Waals surface area contributed by atoms with E-state index in [0.717, 1.165) is 34.5 Å². The van der Waals surface area contributed by atoms with Crippen LogP contribution < -0.4 is 20.4 Å². The van der Waals surface area contributed by atoms with Crippen LogP contribution in [0.15, 0.2) is 35.6 Å². The Labute approximate surface area is 151 Å². The number of aromatic nitrogens is 1. The van der Waals surface area contributed by atoms with Crippen molar-refractivity contribution in [1.82, 2.24) is 10.4 Å². The third-order valence-corrected chi connectivity index (χ3v) is 4.46. The van der Waals surface area contributed by atoms with Gasteiger partial charge in [0.1, 0.15) is 5.75 Å². The average Bonchev–Trinajstić information content (AvgIpc) is 3.10. The van der Waals surface area contributed by atoms with Crippen LogP contribution in [0.2, 0.25) is 0 Å². The predicted octanol–water partition coefficient (Wildman–Crippen LogP) is 2.56. The lowest BCUT2D eigenvalue weighted by molar-refractivity contribution is -0.119. The quantitative estimate of drug-likeness (QED) is 0.530. The number of rotatable bonds is 9. The molecule has 1 heterocycles. The van der Waals surface area contributed by atoms with Gasteiger partial charge in [-0.2, -0.15) is 5.10 Å². The van der Waals surface area contributed by atoms with Crippen molar-refractivity contribution in [2.24, 2.45) is 5.10 Å². The summed E-state index contributed by atoms with van der Waals surface area (Å²) < 4.78 is 5.09. The summed E-state index contributed by atoms with van der Waals surface area (Å²) >= 11 is 1.54. The molecule has 0 fully saturated rings. The summed E-state index contributed by atoms with van der Waals surface area (Å²) in [4.78, 5) is 19.2. The van der Waals surface area contributed by atoms with Crippen LogP contribution in [0.1, 0.15) is 18.7 Å². The zero-order valence-electron chi connectivity index (χ0n) is 14.7. The molecule has 2 N–H and O–H groups in total. The minimum Gasteiger partial charge on any atom is -0.497 e. The van der Waals surface area contributed by atoms with Gasteiger partial charge in [0.25, 0.3) is 5.91 Å². The van der Waals surface area contributed by atoms with Gasteiger partial charge in [0, 0.05) is 25.0 Å². The Morgan fingerprint density at radius 1 is 1.32 bits per heavy atom. The first kappa shape index (κ1) is 18.7. The first-order chi connectivity index (χ1) is 12.2. The van der Waals surface area contributed by atoms with Crippen molar-refractivity contribution < 1.29 is 9.53 Å². The molecule has 0 aliphatic heterocycles. The Hall–Kier alpha value is -2.61. The van der Waals surface area contributed by atoms with E-state index in [9.17, 15) is 4.79 Å². The lowest BCUT2D eigenvalue weighted by Gasteiger charge is -2.16. The van der Waals surface area contributed by atoms with Gasteiger partial charge in [0.05, 0.1) is 24.7 Å². The van der Waals surface area contributed by atoms with Gasteiger partial charge < -0.3 is 15.0 Å². The summed E-state index contributed by atoms with van der Waals surface area (Å²) in [6.45, 7) is 6.14. The van der Waals surface area contributed by atoms with E-state index in [1.165, 1.54) is 0 Å². The smallest absolute Gasteiger partial charge is 0.259 e. The van der Waals surface area contributed by atoms with Crippen molar-refractivity contribution in [1.29, 1.82) is 0 Å². The zero-order valence-corrected chi connectivity index (χ0v) is 15.5. The highest BCUT2D eigenvalue weighted by Crippen LogP contribution is 2.20. The SMILES string of the molecule is CCN(CC)c1ncc(/C=N\NC(=O)CNc2ccc(OC)cc2)s1. The minimum atomic E-state index is -0.222. The molecule has 0 aliphatic rings. The molecule has 2 rings (SSSR count). The standard InChI is InChI=1S/C17H23N5O2S/c1-4-22(5-2)17-19-10-15(25-17)11-20-21-16(23)12-18-13-6-8-14(24-3)9-7-13/h6-11,18H,4-5,12H2,1-3H3,(H,21,23)/b20-11-. The van der Waals surface area contributed by atoms with E-state index >= 15 is 0 Å². The number of methoxy groups -OCH3 is 1. The molecule has 0 spiro atoms. The van der Waals surface area contributed by atoms with Gasteiger partial charge in [0.15, 0.2) is 5.13 Å². The first-order valence-electron chi connectivity index (χ1n) is 8.06. The molecule has 25 heavy (non-hydrogen) atoms. The van der Waals surface area contributed by atoms with Crippen molar-refractivity contribution in [2.45, 2.75) is 13.8 Å². The summed E-state index contributed by atoms with van der Waals surface area (Å²) in [7, 11) is 1.61. The van der Waals surface area contributed by atoms with Crippen molar-refractivity contribution in [3.8, 4) is 5.75 Å². The first-order valence-corrected chi connectivity index (χ1v) is 8.88. The van der Waals surface area contributed by atoms with Crippen molar-refractivity contribution in [2.75, 3.05) is 37.0 Å². The van der Waals surface area contributed by atoms with Gasteiger partial charge >= 0.3 is 0 Å². The lowest BCUT2D eigenvalue weighted by atomic mass is 10.3. The maximum Gasteiger partial charge on any atom is 0.259 e. The molecule has 0 atom stereocenters. The largest absolute Gasteiger partial charge is 0.497 e. The summed E-state index contributed by atoms with van der Waals surface area (Å²) in [6, 6.07) is 7.36. The molecule has 0 radical (unpaired) electrons. The van der Waals surface area contributed by atoms with E-state index < -0.39 is 0 Å². The second-order valence-electron chi connectivity index (χ2n) is 5.09. The Balaban J connectivity index is 1.78. The maximum atomic E-state index is 11.8. The molecule has 2 aromatic rings. The highest BCUT2D eigenvalue weighted by atomic mass is 32.1. The number of carbonyl (C=O) groups is 1. The molecule has 1 amide bonds. The predicted molar refractivity (Wildman–Crippen MR) is 103 cm³/mol. The van der Waals surface area contributed by atoms with Crippen LogP contribution in [-0.4, -0.2) is 43.8 Å². The van der Waals surface area contributed by atoms with Crippen LogP contribution in [0.25, 0.3) is 0 Å². The van der Waals surface area contributed by atoms with Crippen LogP contribution in [0.4, 0.5) is 10.8 Å². The molecule has 8 heteroatoms. The Morgan fingerprint density at radius 3 is 2.68 bits per heavy atom. The van der Waals surface area contributed by atoms with E-state index in [4.69, 9.17) is 4.74 Å². The van der Waals surface area contributed by atoms with Gasteiger partial charge in [-0.1, -0.05) is 11.3 Å². The number of carbonyl (C=O) groups excluding carboxylic acids is 1. The van der Waals surface area contributed by atoms with Crippen molar-refractivity contribution in [3.05, 3.63) is 35.3 Å². The monoisotopic (exact) mass is 361 g/mol. The second-order valence-corrected chi connectivity index (χ2v) is 6.13. The number of ether oxygens (including phenoxy) is 1. The van der Waals surface area contributed by atoms with E-state index in [2.05, 4.69) is 39.6 Å². The summed E-state index contributed by atoms with van der Waals surface area (Å²) in [6.07, 6.45) is 3.36. The molecule has 0 unspecified atom stereocenters. The van der Waals surface area contributed by atoms with E-state index in [0.29, 0.717) is 0 Å². The van der Waals surface area contributed by atoms with Gasteiger partial charge in [-0.15, -0.1) is 0 Å². The van der Waals surface area contributed by atoms with Crippen LogP contribution >= 0.6 is 11.3 Å². The average molecular weight is 361 g/mol. The molecule has 1 aromatic carbocycles. The third kappa shape index (κ3) is 5.75. The van der Waals surface area contributed by atoms with Gasteiger partial charge in [-0.05, 0) is 38.1 Å². The Morgan fingerprint density at radius 2 is 2.04 bits per heavy atom. The van der Waals surface area contributed by atoms with Crippen molar-refractivity contribution in [3.63, 3.8) is 0 Å². The number of amides is 1. The fourth-order valence-corrected chi connectivity index (χ4v) is 2.99. The highest BCUT2D eigenvalue weighted by Gasteiger charge is 2.06. The summed E-state index contributed by atoms with van der Waals surface area (Å²) in [5.74, 6) is 0.550. The zero-order chi connectivity index (χ0) is 18.1. The Bertz CT molecular complexity index is 695. The normalized spacial score (nSPS) is 10.7. The van der Waals surface area contributed by atoms with Crippen LogP contribution in [0, 0.1) is 0 Å². The van der Waals surface area contributed by atoms with Gasteiger partial charge in [-0.3, -0.25) is 4.79 Å². The number of thiazole rings is 1. The van der Waals surface area contributed by atoms with Crippen LogP contribution in [-0.2, 0) is 4.79 Å². The van der Waals surface area contributed by atoms with Gasteiger partial charge in [0.2, 0.25) is 0 Å². The van der Waals surface area contributed by atoms with E-state index in [-0.39, 0.29) is 12.5 Å². The minimum absolute atomic E-state index is 0.136. The topological polar surface area (TPSA) is 78.9 Å². The number of anilines is 2. The molecular weight excluding hydrogens is 338 g/mol. The molecule has 134 valence electrons. The molecule has 0 aliphatic carbocycles. The number of benzene rings is 1. The molecule has 7 nitrogen and oxygen atoms in total. The molecule has 1 aromatic heterocycles. The number of hydrogen-bond donors (Lipinski definition) is 2. The number of hydrazone groups is 1. The summed E-state index contributed by atoms with van der Waals surface area (Å²) in [5.41, 5.74) is 3.34. The second kappa shape index (κ2) is 9.63. The fourth-order valence-electron chi connectivity index (χ4n) is 2.08. The van der Waals surface area contributed by atoms with Crippen molar-refractivity contribution >= 4 is 34.3 Å². The number of hydrogen-bond acceptors (Lipinski definition) is 7. The molecule has 0 saturated carbocycles.